The van der Waals surface area contributed by atoms with Crippen LogP contribution in [0.15, 0.2) is 78.9 Å². The Morgan fingerprint density at radius 2 is 1.37 bits per heavy atom. The van der Waals surface area contributed by atoms with Crippen molar-refractivity contribution in [3.63, 3.8) is 0 Å². The average molecular weight is 548 g/mol. The number of fused-ring (bicyclic) bond motifs is 1. The normalized spacial score (nSPS) is 15.4. The molecule has 0 unspecified atom stereocenters. The van der Waals surface area contributed by atoms with Crippen LogP contribution in [0, 0.1) is 0 Å². The topological polar surface area (TPSA) is 85.4 Å². The maximum absolute atomic E-state index is 12.9. The Kier molecular flexibility index (Phi) is 8.01. The lowest BCUT2D eigenvalue weighted by atomic mass is 9.98. The molecule has 210 valence electrons. The van der Waals surface area contributed by atoms with Crippen molar-refractivity contribution in [3.05, 3.63) is 113 Å². The highest BCUT2D eigenvalue weighted by atomic mass is 16.3. The average Bonchev–Trinajstić information content (AvgIpc) is 3.44. The molecular weight excluding hydrogens is 510 g/mol. The number of aliphatic hydroxyl groups excluding tert-OH is 1. The molecule has 3 aromatic carbocycles. The third-order valence-corrected chi connectivity index (χ3v) is 8.36. The molecule has 0 saturated carbocycles. The van der Waals surface area contributed by atoms with Gasteiger partial charge < -0.3 is 20.3 Å². The Balaban J connectivity index is 1.00. The van der Waals surface area contributed by atoms with Gasteiger partial charge in [0.25, 0.3) is 0 Å². The number of piperidine rings is 1. The molecule has 2 heterocycles. The second kappa shape index (κ2) is 12.1. The van der Waals surface area contributed by atoms with E-state index in [9.17, 15) is 14.7 Å². The van der Waals surface area contributed by atoms with Gasteiger partial charge >= 0.3 is 0 Å². The van der Waals surface area contributed by atoms with Crippen LogP contribution in [0.2, 0.25) is 0 Å². The first-order valence-corrected chi connectivity index (χ1v) is 14.8. The number of hydrogen-bond donors (Lipinski definition) is 3. The summed E-state index contributed by atoms with van der Waals surface area (Å²) in [6.07, 6.45) is 6.61. The molecule has 41 heavy (non-hydrogen) atoms. The van der Waals surface area contributed by atoms with Crippen LogP contribution in [0.25, 0.3) is 0 Å². The lowest BCUT2D eigenvalue weighted by molar-refractivity contribution is 0.0982. The van der Waals surface area contributed by atoms with E-state index in [1.165, 1.54) is 24.1 Å². The van der Waals surface area contributed by atoms with Crippen molar-refractivity contribution < 1.29 is 14.7 Å². The number of aliphatic hydroxyl groups is 1. The van der Waals surface area contributed by atoms with Gasteiger partial charge in [0, 0.05) is 54.3 Å². The first kappa shape index (κ1) is 27.0. The minimum absolute atomic E-state index is 0.0935. The van der Waals surface area contributed by atoms with E-state index in [0.717, 1.165) is 72.7 Å². The number of hydrogen-bond acceptors (Lipinski definition) is 5. The monoisotopic (exact) mass is 547 g/mol. The minimum atomic E-state index is -0.198. The molecule has 1 saturated heterocycles. The van der Waals surface area contributed by atoms with Crippen LogP contribution < -0.4 is 10.2 Å². The second-order valence-electron chi connectivity index (χ2n) is 11.4. The van der Waals surface area contributed by atoms with E-state index in [0.29, 0.717) is 18.4 Å². The molecule has 4 aromatic rings. The van der Waals surface area contributed by atoms with Crippen molar-refractivity contribution in [1.29, 1.82) is 0 Å². The molecule has 0 atom stereocenters. The minimum Gasteiger partial charge on any atom is -0.393 e. The van der Waals surface area contributed by atoms with Crippen molar-refractivity contribution in [1.82, 2.24) is 4.98 Å². The number of aromatic amines is 1. The maximum Gasteiger partial charge on any atom is 0.183 e. The Morgan fingerprint density at radius 3 is 1.98 bits per heavy atom. The van der Waals surface area contributed by atoms with Crippen LogP contribution in [0.1, 0.15) is 68.9 Å². The fourth-order valence-corrected chi connectivity index (χ4v) is 5.88. The fraction of sp³-hybridized carbons (Fsp3) is 0.314. The largest absolute Gasteiger partial charge is 0.393 e. The highest BCUT2D eigenvalue weighted by Gasteiger charge is 2.18. The second-order valence-corrected chi connectivity index (χ2v) is 11.4. The molecule has 2 aliphatic rings. The quantitative estimate of drug-likeness (QED) is 0.210. The highest BCUT2D eigenvalue weighted by molar-refractivity contribution is 5.98. The third kappa shape index (κ3) is 6.60. The molecule has 6 nitrogen and oxygen atoms in total. The number of ketones is 2. The van der Waals surface area contributed by atoms with Gasteiger partial charge in [-0.15, -0.1) is 0 Å². The molecule has 1 aliphatic carbocycles. The van der Waals surface area contributed by atoms with Gasteiger partial charge in [-0.3, -0.25) is 9.59 Å². The van der Waals surface area contributed by atoms with E-state index in [4.69, 9.17) is 0 Å². The Bertz CT molecular complexity index is 1470. The number of nitrogens with one attached hydrogen (secondary N) is 2. The van der Waals surface area contributed by atoms with Crippen LogP contribution in [-0.4, -0.2) is 40.9 Å². The maximum atomic E-state index is 12.9. The predicted octanol–water partition coefficient (Wildman–Crippen LogP) is 6.45. The first-order valence-electron chi connectivity index (χ1n) is 14.8. The molecular formula is C35H37N3O3. The number of H-pyrrole nitrogens is 1. The van der Waals surface area contributed by atoms with E-state index in [2.05, 4.69) is 15.2 Å². The summed E-state index contributed by atoms with van der Waals surface area (Å²) in [6.45, 7) is 1.68. The van der Waals surface area contributed by atoms with Gasteiger partial charge in [-0.05, 0) is 110 Å². The number of rotatable bonds is 9. The number of benzene rings is 3. The zero-order chi connectivity index (χ0) is 28.2. The lowest BCUT2D eigenvalue weighted by Gasteiger charge is -2.31. The van der Waals surface area contributed by atoms with Gasteiger partial charge in [0.2, 0.25) is 0 Å². The van der Waals surface area contributed by atoms with Crippen molar-refractivity contribution in [2.45, 2.75) is 57.5 Å². The van der Waals surface area contributed by atoms with Crippen LogP contribution >= 0.6 is 0 Å². The molecule has 6 rings (SSSR count). The number of nitrogens with zero attached hydrogens (tertiary/aromatic N) is 1. The summed E-state index contributed by atoms with van der Waals surface area (Å²) in [4.78, 5) is 31.3. The summed E-state index contributed by atoms with van der Waals surface area (Å²) < 4.78 is 0. The van der Waals surface area contributed by atoms with E-state index >= 15 is 0 Å². The highest BCUT2D eigenvalue weighted by Crippen LogP contribution is 2.24. The molecule has 0 bridgehead atoms. The third-order valence-electron chi connectivity index (χ3n) is 8.36. The molecule has 0 spiro atoms. The zero-order valence-electron chi connectivity index (χ0n) is 23.4. The van der Waals surface area contributed by atoms with Gasteiger partial charge in [-0.25, -0.2) is 0 Å². The number of aromatic nitrogens is 1. The van der Waals surface area contributed by atoms with Gasteiger partial charge in [-0.1, -0.05) is 24.3 Å². The van der Waals surface area contributed by atoms with Crippen molar-refractivity contribution in [2.75, 3.05) is 23.3 Å². The Morgan fingerprint density at radius 1 is 0.780 bits per heavy atom. The summed E-state index contributed by atoms with van der Waals surface area (Å²) in [5.74, 6) is 0.222. The Labute approximate surface area is 241 Å². The number of carbonyl (C=O) groups is 2. The van der Waals surface area contributed by atoms with Crippen LogP contribution in [0.5, 0.6) is 0 Å². The van der Waals surface area contributed by atoms with Gasteiger partial charge in [0.05, 0.1) is 11.8 Å². The molecule has 1 fully saturated rings. The van der Waals surface area contributed by atoms with Gasteiger partial charge in [0.15, 0.2) is 11.6 Å². The van der Waals surface area contributed by atoms with Gasteiger partial charge in [0.1, 0.15) is 0 Å². The Hall–Kier alpha value is -4.16. The van der Waals surface area contributed by atoms with Crippen molar-refractivity contribution >= 4 is 28.6 Å². The van der Waals surface area contributed by atoms with E-state index < -0.39 is 0 Å². The van der Waals surface area contributed by atoms with E-state index in [1.54, 1.807) is 0 Å². The SMILES string of the molecule is O=C(Cc1ccc(Nc2ccc(CC(=O)c3cc4c([nH]3)CCCC4)cc2)cc1)c1ccc(N2CCC(O)CC2)cc1. The molecule has 6 heteroatoms. The van der Waals surface area contributed by atoms with Crippen LogP contribution in [-0.2, 0) is 25.7 Å². The predicted molar refractivity (Wildman–Crippen MR) is 164 cm³/mol. The number of carbonyl (C=O) groups excluding carboxylic acids is 2. The summed E-state index contributed by atoms with van der Waals surface area (Å²) >= 11 is 0. The first-order chi connectivity index (χ1) is 20.0. The smallest absolute Gasteiger partial charge is 0.183 e. The molecule has 1 aliphatic heterocycles. The molecule has 3 N–H and O–H groups in total. The molecule has 0 radical (unpaired) electrons. The zero-order valence-corrected chi connectivity index (χ0v) is 23.4. The molecule has 1 aromatic heterocycles. The van der Waals surface area contributed by atoms with Crippen LogP contribution in [0.4, 0.5) is 17.1 Å². The summed E-state index contributed by atoms with van der Waals surface area (Å²) in [7, 11) is 0. The summed E-state index contributed by atoms with van der Waals surface area (Å²) in [6, 6.07) is 25.8. The molecule has 0 amide bonds. The lowest BCUT2D eigenvalue weighted by Crippen LogP contribution is -2.35. The summed E-state index contributed by atoms with van der Waals surface area (Å²) in [5.41, 5.74) is 8.93. The number of anilines is 3. The summed E-state index contributed by atoms with van der Waals surface area (Å²) in [5, 5.41) is 13.1. The van der Waals surface area contributed by atoms with E-state index in [-0.39, 0.29) is 17.7 Å². The fourth-order valence-electron chi connectivity index (χ4n) is 5.88. The number of aryl methyl sites for hydroxylation is 2. The van der Waals surface area contributed by atoms with Crippen molar-refractivity contribution in [2.24, 2.45) is 0 Å². The number of Topliss-reactive ketones (excluding diaryl/α,β-unsaturated/α-hetero) is 2. The standard InChI is InChI=1S/C35H37N3O3/c39-31-17-19-38(20-18-31)30-15-9-26(10-16-30)34(40)21-24-5-11-28(12-6-24)36-29-13-7-25(8-14-29)22-35(41)33-23-27-3-1-2-4-32(27)37-33/h5-16,23,31,36-37,39H,1-4,17-22H2. The van der Waals surface area contributed by atoms with Gasteiger partial charge in [-0.2, -0.15) is 0 Å². The van der Waals surface area contributed by atoms with E-state index in [1.807, 2.05) is 78.9 Å². The van der Waals surface area contributed by atoms with Crippen LogP contribution in [0.3, 0.4) is 0 Å². The van der Waals surface area contributed by atoms with Crippen molar-refractivity contribution in [3.8, 4) is 0 Å².